The summed E-state index contributed by atoms with van der Waals surface area (Å²) in [5, 5.41) is 3.61. The first-order valence-electron chi connectivity index (χ1n) is 9.79. The molecule has 1 aliphatic rings. The van der Waals surface area contributed by atoms with Crippen molar-refractivity contribution in [3.8, 4) is 0 Å². The summed E-state index contributed by atoms with van der Waals surface area (Å²) in [6, 6.07) is 13.0. The van der Waals surface area contributed by atoms with E-state index in [0.29, 0.717) is 18.4 Å². The van der Waals surface area contributed by atoms with E-state index >= 15 is 0 Å². The Bertz CT molecular complexity index is 1080. The molecule has 158 valence electrons. The fourth-order valence-corrected chi connectivity index (χ4v) is 6.75. The van der Waals surface area contributed by atoms with Gasteiger partial charge >= 0.3 is 0 Å². The van der Waals surface area contributed by atoms with Crippen molar-refractivity contribution in [3.63, 3.8) is 0 Å². The zero-order chi connectivity index (χ0) is 21.3. The van der Waals surface area contributed by atoms with Crippen LogP contribution in [0.25, 0.3) is 0 Å². The van der Waals surface area contributed by atoms with E-state index in [1.165, 1.54) is 12.1 Å². The van der Waals surface area contributed by atoms with Gasteiger partial charge in [0.1, 0.15) is 0 Å². The first kappa shape index (κ1) is 22.0. The second-order valence-corrected chi connectivity index (χ2v) is 11.0. The molecule has 0 unspecified atom stereocenters. The van der Waals surface area contributed by atoms with E-state index in [2.05, 4.69) is 12.2 Å². The molecule has 0 aliphatic carbocycles. The molecular formula is C21H27NO5S2. The molecule has 2 aromatic rings. The number of hydrogen-bond donors (Lipinski definition) is 2. The van der Waals surface area contributed by atoms with Crippen molar-refractivity contribution in [3.05, 3.63) is 59.7 Å². The highest BCUT2D eigenvalue weighted by Crippen LogP contribution is 2.38. The van der Waals surface area contributed by atoms with E-state index in [4.69, 9.17) is 0 Å². The molecule has 8 heteroatoms. The molecule has 0 saturated carbocycles. The maximum Gasteiger partial charge on any atom is 0.294 e. The zero-order valence-corrected chi connectivity index (χ0v) is 18.3. The van der Waals surface area contributed by atoms with E-state index < -0.39 is 36.4 Å². The van der Waals surface area contributed by atoms with Crippen molar-refractivity contribution in [1.82, 2.24) is 5.32 Å². The molecule has 0 fully saturated rings. The molecule has 0 aromatic heterocycles. The lowest BCUT2D eigenvalue weighted by Gasteiger charge is -2.35. The molecule has 1 aliphatic heterocycles. The highest BCUT2D eigenvalue weighted by molar-refractivity contribution is 7.91. The number of nitrogens with one attached hydrogen (secondary N) is 1. The Morgan fingerprint density at radius 1 is 1.14 bits per heavy atom. The number of fused-ring (bicyclic) bond motifs is 1. The lowest BCUT2D eigenvalue weighted by atomic mass is 9.88. The van der Waals surface area contributed by atoms with Crippen LogP contribution in [-0.2, 0) is 20.0 Å². The van der Waals surface area contributed by atoms with E-state index in [0.717, 1.165) is 24.5 Å². The first-order valence-corrected chi connectivity index (χ1v) is 12.9. The Balaban J connectivity index is 2.26. The minimum Gasteiger partial charge on any atom is -0.300 e. The molecule has 0 radical (unpaired) electrons. The van der Waals surface area contributed by atoms with Gasteiger partial charge in [-0.05, 0) is 36.1 Å². The van der Waals surface area contributed by atoms with Gasteiger partial charge in [-0.3, -0.25) is 9.87 Å². The third kappa shape index (κ3) is 4.55. The van der Waals surface area contributed by atoms with Crippen LogP contribution in [0.4, 0.5) is 0 Å². The zero-order valence-electron chi connectivity index (χ0n) is 16.6. The van der Waals surface area contributed by atoms with Gasteiger partial charge in [0.15, 0.2) is 9.84 Å². The van der Waals surface area contributed by atoms with Gasteiger partial charge < -0.3 is 0 Å². The Morgan fingerprint density at radius 2 is 1.83 bits per heavy atom. The fourth-order valence-electron chi connectivity index (χ4n) is 4.00. The van der Waals surface area contributed by atoms with Crippen LogP contribution >= 0.6 is 0 Å². The van der Waals surface area contributed by atoms with Gasteiger partial charge in [-0.25, -0.2) is 8.42 Å². The van der Waals surface area contributed by atoms with Crippen LogP contribution in [0, 0.1) is 0 Å². The van der Waals surface area contributed by atoms with Crippen molar-refractivity contribution >= 4 is 20.0 Å². The lowest BCUT2D eigenvalue weighted by Crippen LogP contribution is -2.50. The molecule has 0 bridgehead atoms. The summed E-state index contributed by atoms with van der Waals surface area (Å²) in [5.74, 6) is -0.123. The molecule has 0 amide bonds. The van der Waals surface area contributed by atoms with Crippen LogP contribution < -0.4 is 5.32 Å². The van der Waals surface area contributed by atoms with Crippen molar-refractivity contribution in [2.75, 3.05) is 5.75 Å². The van der Waals surface area contributed by atoms with Crippen LogP contribution in [0.2, 0.25) is 0 Å². The quantitative estimate of drug-likeness (QED) is 0.668. The molecule has 2 aromatic carbocycles. The third-order valence-corrected chi connectivity index (χ3v) is 8.47. The minimum absolute atomic E-state index is 0.0409. The van der Waals surface area contributed by atoms with Gasteiger partial charge in [-0.2, -0.15) is 8.42 Å². The normalized spacial score (nSPS) is 23.9. The Hall–Kier alpha value is -1.74. The summed E-state index contributed by atoms with van der Waals surface area (Å²) in [5.41, 5.74) is 0.766. The summed E-state index contributed by atoms with van der Waals surface area (Å²) in [4.78, 5) is -0.454. The fraction of sp³-hybridized carbons (Fsp3) is 0.429. The monoisotopic (exact) mass is 437 g/mol. The molecule has 0 saturated heterocycles. The van der Waals surface area contributed by atoms with Gasteiger partial charge in [0.25, 0.3) is 10.1 Å². The smallest absolute Gasteiger partial charge is 0.294 e. The molecule has 29 heavy (non-hydrogen) atoms. The Kier molecular flexibility index (Phi) is 6.19. The first-order chi connectivity index (χ1) is 13.6. The number of unbranched alkanes of at least 4 members (excludes halogenated alkanes) is 1. The average molecular weight is 438 g/mol. The van der Waals surface area contributed by atoms with Gasteiger partial charge in [0.05, 0.1) is 21.6 Å². The SMILES string of the molecule is CCCC[C@]1(CC)CS(=O)(=O)c2cc(S(=O)(=O)O)ccc2[C@@H](c2ccccc2)N1. The summed E-state index contributed by atoms with van der Waals surface area (Å²) in [7, 11) is -8.30. The average Bonchev–Trinajstić information content (AvgIpc) is 2.79. The molecule has 0 spiro atoms. The number of sulfone groups is 1. The second kappa shape index (κ2) is 8.18. The maximum atomic E-state index is 13.4. The minimum atomic E-state index is -4.51. The van der Waals surface area contributed by atoms with Gasteiger partial charge in [0, 0.05) is 5.54 Å². The summed E-state index contributed by atoms with van der Waals surface area (Å²) in [6.45, 7) is 4.04. The Labute approximate surface area is 173 Å². The molecule has 1 heterocycles. The van der Waals surface area contributed by atoms with Crippen molar-refractivity contribution in [2.45, 2.75) is 60.9 Å². The number of rotatable bonds is 6. The van der Waals surface area contributed by atoms with E-state index in [9.17, 15) is 21.4 Å². The molecule has 2 N–H and O–H groups in total. The number of benzene rings is 2. The Morgan fingerprint density at radius 3 is 2.41 bits per heavy atom. The highest BCUT2D eigenvalue weighted by atomic mass is 32.2. The van der Waals surface area contributed by atoms with Crippen molar-refractivity contribution in [2.24, 2.45) is 0 Å². The predicted molar refractivity (Wildman–Crippen MR) is 112 cm³/mol. The van der Waals surface area contributed by atoms with E-state index in [1.807, 2.05) is 37.3 Å². The van der Waals surface area contributed by atoms with Crippen LogP contribution in [0.5, 0.6) is 0 Å². The largest absolute Gasteiger partial charge is 0.300 e. The second-order valence-electron chi connectivity index (χ2n) is 7.66. The van der Waals surface area contributed by atoms with Gasteiger partial charge in [-0.15, -0.1) is 0 Å². The van der Waals surface area contributed by atoms with Crippen LogP contribution in [-0.4, -0.2) is 32.7 Å². The molecule has 2 atom stereocenters. The predicted octanol–water partition coefficient (Wildman–Crippen LogP) is 3.74. The highest BCUT2D eigenvalue weighted by Gasteiger charge is 2.42. The number of hydrogen-bond acceptors (Lipinski definition) is 5. The van der Waals surface area contributed by atoms with Gasteiger partial charge in [0.2, 0.25) is 0 Å². The van der Waals surface area contributed by atoms with Crippen LogP contribution in [0.15, 0.2) is 58.3 Å². The molecular weight excluding hydrogens is 410 g/mol. The van der Waals surface area contributed by atoms with Crippen molar-refractivity contribution in [1.29, 1.82) is 0 Å². The summed E-state index contributed by atoms with van der Waals surface area (Å²) >= 11 is 0. The van der Waals surface area contributed by atoms with E-state index in [-0.39, 0.29) is 10.6 Å². The topological polar surface area (TPSA) is 101 Å². The standard InChI is InChI=1S/C21H27NO5S2/c1-3-5-13-21(4-2)15-28(23,24)19-14-17(29(25,26)27)11-12-18(19)20(22-21)16-9-7-6-8-10-16/h6-12,14,20,22H,3-5,13,15H2,1-2H3,(H,25,26,27)/t20-,21-/m1/s1. The summed E-state index contributed by atoms with van der Waals surface area (Å²) < 4.78 is 59.5. The van der Waals surface area contributed by atoms with Crippen molar-refractivity contribution < 1.29 is 21.4 Å². The third-order valence-electron chi connectivity index (χ3n) is 5.66. The van der Waals surface area contributed by atoms with Crippen LogP contribution in [0.3, 0.4) is 0 Å². The summed E-state index contributed by atoms with van der Waals surface area (Å²) in [6.07, 6.45) is 3.14. The lowest BCUT2D eigenvalue weighted by molar-refractivity contribution is 0.295. The van der Waals surface area contributed by atoms with Crippen LogP contribution in [0.1, 0.15) is 56.7 Å². The molecule has 6 nitrogen and oxygen atoms in total. The molecule has 3 rings (SSSR count). The maximum absolute atomic E-state index is 13.4. The van der Waals surface area contributed by atoms with Gasteiger partial charge in [-0.1, -0.05) is 63.1 Å². The van der Waals surface area contributed by atoms with E-state index in [1.54, 1.807) is 0 Å².